The summed E-state index contributed by atoms with van der Waals surface area (Å²) in [5.41, 5.74) is 3.78. The number of nitrogens with one attached hydrogen (secondary N) is 2. The molecule has 0 fully saturated rings. The van der Waals surface area contributed by atoms with Crippen molar-refractivity contribution in [1.82, 2.24) is 15.5 Å². The van der Waals surface area contributed by atoms with E-state index < -0.39 is 0 Å². The molecule has 0 bridgehead atoms. The molecule has 26 heavy (non-hydrogen) atoms. The Bertz CT molecular complexity index is 704. The summed E-state index contributed by atoms with van der Waals surface area (Å²) < 4.78 is 0. The lowest BCUT2D eigenvalue weighted by atomic mass is 10.1. The quantitative estimate of drug-likeness (QED) is 0.354. The van der Waals surface area contributed by atoms with Crippen molar-refractivity contribution in [2.75, 3.05) is 27.7 Å². The molecule has 0 aliphatic heterocycles. The number of hydrogen-bond acceptors (Lipinski definition) is 2. The van der Waals surface area contributed by atoms with Gasteiger partial charge in [-0.2, -0.15) is 0 Å². The molecule has 142 valence electrons. The van der Waals surface area contributed by atoms with E-state index >= 15 is 0 Å². The number of guanidine groups is 1. The third kappa shape index (κ3) is 8.38. The maximum Gasteiger partial charge on any atom is 0.191 e. The van der Waals surface area contributed by atoms with Gasteiger partial charge in [0.05, 0.1) is 0 Å². The van der Waals surface area contributed by atoms with Crippen molar-refractivity contribution in [3.8, 4) is 0 Å². The zero-order chi connectivity index (χ0) is 18.1. The molecule has 0 saturated heterocycles. The van der Waals surface area contributed by atoms with Gasteiger partial charge < -0.3 is 15.5 Å². The minimum atomic E-state index is 0. The summed E-state index contributed by atoms with van der Waals surface area (Å²) in [5, 5.41) is 7.48. The lowest BCUT2D eigenvalue weighted by Crippen LogP contribution is -2.37. The molecular formula is C20H28ClIN4. The average molecular weight is 487 g/mol. The predicted molar refractivity (Wildman–Crippen MR) is 123 cm³/mol. The van der Waals surface area contributed by atoms with Crippen molar-refractivity contribution in [2.45, 2.75) is 19.5 Å². The average Bonchev–Trinajstić information content (AvgIpc) is 2.58. The summed E-state index contributed by atoms with van der Waals surface area (Å²) in [6.45, 7) is 2.50. The van der Waals surface area contributed by atoms with Crippen molar-refractivity contribution in [3.05, 3.63) is 70.2 Å². The highest BCUT2D eigenvalue weighted by Gasteiger charge is 2.01. The Morgan fingerprint density at radius 2 is 1.69 bits per heavy atom. The second-order valence-corrected chi connectivity index (χ2v) is 6.73. The van der Waals surface area contributed by atoms with E-state index in [1.807, 2.05) is 18.2 Å². The molecule has 0 saturated carbocycles. The number of rotatable bonds is 7. The molecule has 6 heteroatoms. The predicted octanol–water partition coefficient (Wildman–Crippen LogP) is 3.93. The minimum absolute atomic E-state index is 0. The summed E-state index contributed by atoms with van der Waals surface area (Å²) in [5.74, 6) is 0.806. The largest absolute Gasteiger partial charge is 0.356 e. The molecule has 0 aromatic heterocycles. The molecule has 2 aromatic carbocycles. The molecule has 2 N–H and O–H groups in total. The van der Waals surface area contributed by atoms with Gasteiger partial charge >= 0.3 is 0 Å². The first-order valence-corrected chi connectivity index (χ1v) is 8.86. The monoisotopic (exact) mass is 486 g/mol. The topological polar surface area (TPSA) is 39.7 Å². The van der Waals surface area contributed by atoms with Gasteiger partial charge in [0.2, 0.25) is 0 Å². The van der Waals surface area contributed by atoms with Crippen molar-refractivity contribution < 1.29 is 0 Å². The van der Waals surface area contributed by atoms with E-state index in [0.29, 0.717) is 0 Å². The van der Waals surface area contributed by atoms with E-state index in [2.05, 4.69) is 65.0 Å². The molecule has 0 heterocycles. The van der Waals surface area contributed by atoms with E-state index in [1.165, 1.54) is 16.7 Å². The number of benzene rings is 2. The van der Waals surface area contributed by atoms with E-state index in [1.54, 1.807) is 7.05 Å². The second-order valence-electron chi connectivity index (χ2n) is 6.29. The Kier molecular flexibility index (Phi) is 10.6. The van der Waals surface area contributed by atoms with E-state index in [-0.39, 0.29) is 24.0 Å². The highest BCUT2D eigenvalue weighted by Crippen LogP contribution is 2.10. The Balaban J connectivity index is 0.00000338. The van der Waals surface area contributed by atoms with Crippen LogP contribution in [0, 0.1) is 0 Å². The molecule has 2 rings (SSSR count). The van der Waals surface area contributed by atoms with Crippen LogP contribution in [0.2, 0.25) is 5.02 Å². The first-order chi connectivity index (χ1) is 12.1. The van der Waals surface area contributed by atoms with Gasteiger partial charge in [-0.1, -0.05) is 48.0 Å². The van der Waals surface area contributed by atoms with Crippen LogP contribution >= 0.6 is 35.6 Å². The first-order valence-electron chi connectivity index (χ1n) is 8.48. The Morgan fingerprint density at radius 1 is 1.00 bits per heavy atom. The van der Waals surface area contributed by atoms with Crippen molar-refractivity contribution >= 4 is 41.5 Å². The van der Waals surface area contributed by atoms with Crippen molar-refractivity contribution in [1.29, 1.82) is 0 Å². The van der Waals surface area contributed by atoms with Gasteiger partial charge in [-0.25, -0.2) is 0 Å². The van der Waals surface area contributed by atoms with E-state index in [9.17, 15) is 0 Å². The SMILES string of the molecule is CN=C(NCCc1cccc(Cl)c1)NCc1cccc(CN(C)C)c1.I. The van der Waals surface area contributed by atoms with Crippen LogP contribution in [0.25, 0.3) is 0 Å². The molecule has 0 aliphatic carbocycles. The molecule has 0 aliphatic rings. The van der Waals surface area contributed by atoms with Gasteiger partial charge in [-0.3, -0.25) is 4.99 Å². The van der Waals surface area contributed by atoms with Gasteiger partial charge in [0.25, 0.3) is 0 Å². The van der Waals surface area contributed by atoms with E-state index in [0.717, 1.165) is 37.0 Å². The lowest BCUT2D eigenvalue weighted by molar-refractivity contribution is 0.402. The van der Waals surface area contributed by atoms with Crippen molar-refractivity contribution in [2.24, 2.45) is 4.99 Å². The number of halogens is 2. The minimum Gasteiger partial charge on any atom is -0.356 e. The van der Waals surface area contributed by atoms with Crippen LogP contribution < -0.4 is 10.6 Å². The third-order valence-electron chi connectivity index (χ3n) is 3.77. The van der Waals surface area contributed by atoms with Gasteiger partial charge in [-0.05, 0) is 49.3 Å². The molecular weight excluding hydrogens is 459 g/mol. The molecule has 4 nitrogen and oxygen atoms in total. The molecule has 2 aromatic rings. The van der Waals surface area contributed by atoms with Gasteiger partial charge in [0.15, 0.2) is 5.96 Å². The van der Waals surface area contributed by atoms with Crippen LogP contribution in [-0.2, 0) is 19.5 Å². The number of hydrogen-bond donors (Lipinski definition) is 2. The fraction of sp³-hybridized carbons (Fsp3) is 0.350. The summed E-state index contributed by atoms with van der Waals surface area (Å²) in [7, 11) is 5.95. The highest BCUT2D eigenvalue weighted by atomic mass is 127. The first kappa shape index (κ1) is 22.7. The maximum atomic E-state index is 6.02. The zero-order valence-electron chi connectivity index (χ0n) is 15.6. The molecule has 0 unspecified atom stereocenters. The Morgan fingerprint density at radius 3 is 2.38 bits per heavy atom. The fourth-order valence-electron chi connectivity index (χ4n) is 2.63. The Labute approximate surface area is 179 Å². The van der Waals surface area contributed by atoms with Gasteiger partial charge in [-0.15, -0.1) is 24.0 Å². The molecule has 0 spiro atoms. The van der Waals surface area contributed by atoms with Crippen LogP contribution in [0.5, 0.6) is 0 Å². The molecule has 0 atom stereocenters. The van der Waals surface area contributed by atoms with Gasteiger partial charge in [0.1, 0.15) is 0 Å². The van der Waals surface area contributed by atoms with Crippen molar-refractivity contribution in [3.63, 3.8) is 0 Å². The number of nitrogens with zero attached hydrogens (tertiary/aromatic N) is 2. The van der Waals surface area contributed by atoms with Crippen LogP contribution in [0.1, 0.15) is 16.7 Å². The van der Waals surface area contributed by atoms with Gasteiger partial charge in [0, 0.05) is 31.7 Å². The summed E-state index contributed by atoms with van der Waals surface area (Å²) in [6, 6.07) is 16.6. The highest BCUT2D eigenvalue weighted by molar-refractivity contribution is 14.0. The smallest absolute Gasteiger partial charge is 0.191 e. The third-order valence-corrected chi connectivity index (χ3v) is 4.00. The van der Waals surface area contributed by atoms with E-state index in [4.69, 9.17) is 11.6 Å². The number of aliphatic imine (C=N–C) groups is 1. The second kappa shape index (κ2) is 12.1. The summed E-state index contributed by atoms with van der Waals surface area (Å²) >= 11 is 6.02. The fourth-order valence-corrected chi connectivity index (χ4v) is 2.84. The van der Waals surface area contributed by atoms with Crippen LogP contribution in [0.3, 0.4) is 0 Å². The zero-order valence-corrected chi connectivity index (χ0v) is 18.7. The molecule has 0 amide bonds. The van der Waals surface area contributed by atoms with Crippen LogP contribution in [-0.4, -0.2) is 38.5 Å². The lowest BCUT2D eigenvalue weighted by Gasteiger charge is -2.14. The summed E-state index contributed by atoms with van der Waals surface area (Å²) in [4.78, 5) is 6.45. The standard InChI is InChI=1S/C20H27ClN4.HI/c1-22-20(23-11-10-16-6-5-9-19(21)13-16)24-14-17-7-4-8-18(12-17)15-25(2)3;/h4-9,12-13H,10-11,14-15H2,1-3H3,(H2,22,23,24);1H. The Hall–Kier alpha value is -1.31. The van der Waals surface area contributed by atoms with Crippen LogP contribution in [0.15, 0.2) is 53.5 Å². The summed E-state index contributed by atoms with van der Waals surface area (Å²) in [6.07, 6.45) is 0.902. The molecule has 0 radical (unpaired) electrons. The van der Waals surface area contributed by atoms with Crippen LogP contribution in [0.4, 0.5) is 0 Å². The maximum absolute atomic E-state index is 6.02. The normalized spacial score (nSPS) is 11.2.